The maximum Gasteiger partial charge on any atom is 0.417 e. The molecule has 5 rings (SSSR count). The van der Waals surface area contributed by atoms with Crippen LogP contribution in [0.3, 0.4) is 0 Å². The fourth-order valence-electron chi connectivity index (χ4n) is 4.06. The van der Waals surface area contributed by atoms with Crippen molar-refractivity contribution < 1.29 is 27.9 Å². The molecule has 0 saturated carbocycles. The molecular weight excluding hydrogens is 481 g/mol. The number of hydrogen-bond acceptors (Lipinski definition) is 9. The second-order valence-electron chi connectivity index (χ2n) is 8.17. The molecule has 10 nitrogen and oxygen atoms in total. The minimum atomic E-state index is -1.07. The number of pyridine rings is 1. The van der Waals surface area contributed by atoms with Gasteiger partial charge in [-0.15, -0.1) is 22.6 Å². The normalized spacial score (nSPS) is 21.5. The molecule has 12 heteroatoms. The van der Waals surface area contributed by atoms with Crippen molar-refractivity contribution in [1.82, 2.24) is 20.5 Å². The van der Waals surface area contributed by atoms with Crippen molar-refractivity contribution in [2.45, 2.75) is 45.1 Å². The largest absolute Gasteiger partial charge is 0.422 e. The maximum absolute atomic E-state index is 15.0. The van der Waals surface area contributed by atoms with E-state index < -0.39 is 36.3 Å². The number of carbonyl (C=O) groups excluding carboxylic acids is 2. The van der Waals surface area contributed by atoms with Gasteiger partial charge in [0.05, 0.1) is 5.69 Å². The van der Waals surface area contributed by atoms with Gasteiger partial charge in [-0.2, -0.15) is 0 Å². The van der Waals surface area contributed by atoms with Crippen molar-refractivity contribution in [3.05, 3.63) is 48.2 Å². The highest BCUT2D eigenvalue weighted by Crippen LogP contribution is 2.32. The fourth-order valence-corrected chi connectivity index (χ4v) is 4.06. The number of aromatic nitrogens is 3. The quantitative estimate of drug-likeness (QED) is 0.520. The van der Waals surface area contributed by atoms with Crippen LogP contribution in [0.4, 0.5) is 14.9 Å². The molecule has 2 aromatic heterocycles. The standard InChI is InChI=1S/C23H22FN5O5.ClH/c1-12-22(33-21(30)19-4-3-9-25-19)34-23(31)29(12)15-6-7-16(17(24)10-15)14-5-8-18(26-11-14)20-28-27-13(2)32-20;/h5-8,10-12,19,22,25H,3-4,9H2,1-2H3;1H/t12-,19+,22?;/m1./s1. The van der Waals surface area contributed by atoms with Gasteiger partial charge in [-0.05, 0) is 50.6 Å². The number of halogens is 2. The predicted molar refractivity (Wildman–Crippen MR) is 124 cm³/mol. The summed E-state index contributed by atoms with van der Waals surface area (Å²) in [7, 11) is 0. The second-order valence-corrected chi connectivity index (χ2v) is 8.17. The summed E-state index contributed by atoms with van der Waals surface area (Å²) >= 11 is 0. The summed E-state index contributed by atoms with van der Waals surface area (Å²) in [6, 6.07) is 6.73. The summed E-state index contributed by atoms with van der Waals surface area (Å²) < 4.78 is 31.0. The smallest absolute Gasteiger partial charge is 0.417 e. The third-order valence-corrected chi connectivity index (χ3v) is 5.84. The molecule has 1 aromatic carbocycles. The van der Waals surface area contributed by atoms with Crippen molar-refractivity contribution in [3.63, 3.8) is 0 Å². The lowest BCUT2D eigenvalue weighted by Crippen LogP contribution is -2.40. The Hall–Kier alpha value is -3.57. The zero-order chi connectivity index (χ0) is 23.8. The molecule has 2 fully saturated rings. The highest BCUT2D eigenvalue weighted by atomic mass is 35.5. The lowest BCUT2D eigenvalue weighted by atomic mass is 10.1. The Kier molecular flexibility index (Phi) is 6.99. The van der Waals surface area contributed by atoms with Gasteiger partial charge in [0.1, 0.15) is 23.6 Å². The Balaban J connectivity index is 0.00000289. The first-order valence-electron chi connectivity index (χ1n) is 10.9. The molecule has 4 heterocycles. The third-order valence-electron chi connectivity index (χ3n) is 5.84. The van der Waals surface area contributed by atoms with Crippen LogP contribution in [0, 0.1) is 12.7 Å². The number of ether oxygens (including phenoxy) is 2. The molecule has 0 spiro atoms. The molecule has 1 N–H and O–H groups in total. The van der Waals surface area contributed by atoms with E-state index in [0.29, 0.717) is 34.8 Å². The first-order valence-corrected chi connectivity index (χ1v) is 10.9. The van der Waals surface area contributed by atoms with Gasteiger partial charge in [0.15, 0.2) is 0 Å². The van der Waals surface area contributed by atoms with E-state index in [0.717, 1.165) is 13.0 Å². The van der Waals surface area contributed by atoms with Crippen molar-refractivity contribution in [2.75, 3.05) is 11.4 Å². The molecule has 3 aromatic rings. The van der Waals surface area contributed by atoms with Gasteiger partial charge in [0, 0.05) is 24.2 Å². The average Bonchev–Trinajstić information content (AvgIpc) is 3.56. The van der Waals surface area contributed by atoms with Gasteiger partial charge in [-0.25, -0.2) is 9.18 Å². The second kappa shape index (κ2) is 9.96. The van der Waals surface area contributed by atoms with Crippen LogP contribution in [0.15, 0.2) is 40.9 Å². The van der Waals surface area contributed by atoms with E-state index in [1.165, 1.54) is 17.2 Å². The number of cyclic esters (lactones) is 1. The Morgan fingerprint density at radius 3 is 2.71 bits per heavy atom. The first-order chi connectivity index (χ1) is 16.4. The van der Waals surface area contributed by atoms with E-state index in [9.17, 15) is 9.59 Å². The number of hydrogen-bond donors (Lipinski definition) is 1. The minimum absolute atomic E-state index is 0. The number of nitrogens with zero attached hydrogens (tertiary/aromatic N) is 4. The zero-order valence-electron chi connectivity index (χ0n) is 18.9. The lowest BCUT2D eigenvalue weighted by Gasteiger charge is -2.21. The van der Waals surface area contributed by atoms with Gasteiger partial charge < -0.3 is 19.2 Å². The number of nitrogens with one attached hydrogen (secondary N) is 1. The minimum Gasteiger partial charge on any atom is -0.422 e. The Labute approximate surface area is 206 Å². The lowest BCUT2D eigenvalue weighted by molar-refractivity contribution is -0.167. The van der Waals surface area contributed by atoms with E-state index in [1.807, 2.05) is 0 Å². The molecular formula is C23H23ClFN5O5. The van der Waals surface area contributed by atoms with Crippen LogP contribution < -0.4 is 10.2 Å². The fraction of sp³-hybridized carbons (Fsp3) is 0.348. The highest BCUT2D eigenvalue weighted by Gasteiger charge is 2.43. The van der Waals surface area contributed by atoms with Crippen LogP contribution in [0.25, 0.3) is 22.7 Å². The van der Waals surface area contributed by atoms with Gasteiger partial charge in [0.25, 0.3) is 12.2 Å². The molecule has 184 valence electrons. The van der Waals surface area contributed by atoms with E-state index in [-0.39, 0.29) is 18.3 Å². The third kappa shape index (κ3) is 4.82. The molecule has 0 aliphatic carbocycles. The van der Waals surface area contributed by atoms with E-state index in [4.69, 9.17) is 13.9 Å². The van der Waals surface area contributed by atoms with E-state index in [1.54, 1.807) is 38.1 Å². The summed E-state index contributed by atoms with van der Waals surface area (Å²) in [5.41, 5.74) is 1.61. The average molecular weight is 504 g/mol. The van der Waals surface area contributed by atoms with E-state index in [2.05, 4.69) is 20.5 Å². The molecule has 2 aliphatic rings. The van der Waals surface area contributed by atoms with Crippen LogP contribution in [0.1, 0.15) is 25.7 Å². The monoisotopic (exact) mass is 503 g/mol. The van der Waals surface area contributed by atoms with Gasteiger partial charge in [0.2, 0.25) is 5.89 Å². The molecule has 3 atom stereocenters. The summed E-state index contributed by atoms with van der Waals surface area (Å²) in [5.74, 6) is -0.307. The van der Waals surface area contributed by atoms with Crippen LogP contribution in [-0.2, 0) is 14.3 Å². The molecule has 0 radical (unpaired) electrons. The predicted octanol–water partition coefficient (Wildman–Crippen LogP) is 3.63. The summed E-state index contributed by atoms with van der Waals surface area (Å²) in [6.07, 6.45) is 1.28. The van der Waals surface area contributed by atoms with Crippen LogP contribution in [0.2, 0.25) is 0 Å². The zero-order valence-corrected chi connectivity index (χ0v) is 19.8. The van der Waals surface area contributed by atoms with Crippen LogP contribution >= 0.6 is 12.4 Å². The Morgan fingerprint density at radius 2 is 2.09 bits per heavy atom. The maximum atomic E-state index is 15.0. The summed E-state index contributed by atoms with van der Waals surface area (Å²) in [5, 5.41) is 10.7. The molecule has 35 heavy (non-hydrogen) atoms. The van der Waals surface area contributed by atoms with Crippen molar-refractivity contribution in [1.29, 1.82) is 0 Å². The highest BCUT2D eigenvalue weighted by molar-refractivity contribution is 5.91. The van der Waals surface area contributed by atoms with Gasteiger partial charge >= 0.3 is 12.1 Å². The summed E-state index contributed by atoms with van der Waals surface area (Å²) in [4.78, 5) is 30.3. The number of aryl methyl sites for hydroxylation is 1. The molecule has 1 unspecified atom stereocenters. The van der Waals surface area contributed by atoms with Crippen molar-refractivity contribution >= 4 is 30.2 Å². The molecule has 0 bridgehead atoms. The van der Waals surface area contributed by atoms with Crippen LogP contribution in [0.5, 0.6) is 0 Å². The number of esters is 1. The number of benzene rings is 1. The van der Waals surface area contributed by atoms with Gasteiger partial charge in [-0.1, -0.05) is 6.07 Å². The summed E-state index contributed by atoms with van der Waals surface area (Å²) in [6.45, 7) is 4.10. The number of anilines is 1. The van der Waals surface area contributed by atoms with Crippen LogP contribution in [-0.4, -0.2) is 52.2 Å². The Morgan fingerprint density at radius 1 is 1.26 bits per heavy atom. The van der Waals surface area contributed by atoms with Crippen molar-refractivity contribution in [2.24, 2.45) is 0 Å². The number of carbonyl (C=O) groups is 2. The van der Waals surface area contributed by atoms with Crippen molar-refractivity contribution in [3.8, 4) is 22.7 Å². The number of rotatable bonds is 5. The first kappa shape index (κ1) is 24.6. The van der Waals surface area contributed by atoms with E-state index >= 15 is 4.39 Å². The SMILES string of the molecule is Cc1nnc(-c2ccc(-c3ccc(N4C(=O)OC(OC(=O)[C@@H]5CCCN5)[C@H]4C)cc3F)cn2)o1.Cl. The Bertz CT molecular complexity index is 1230. The number of amides is 1. The molecule has 2 saturated heterocycles. The molecule has 2 aliphatic heterocycles. The van der Waals surface area contributed by atoms with Gasteiger partial charge in [-0.3, -0.25) is 14.7 Å². The topological polar surface area (TPSA) is 120 Å². The molecule has 1 amide bonds.